The molecule has 0 bridgehead atoms. The van der Waals surface area contributed by atoms with Gasteiger partial charge in [-0.05, 0) is 42.8 Å². The number of benzene rings is 1. The Morgan fingerprint density at radius 3 is 2.25 bits per heavy atom. The van der Waals surface area contributed by atoms with Crippen LogP contribution < -0.4 is 16.1 Å². The number of aromatic nitrogens is 2. The molecular weight excluding hydrogens is 520 g/mol. The van der Waals surface area contributed by atoms with Crippen molar-refractivity contribution in [2.24, 2.45) is 19.5 Å². The first kappa shape index (κ1) is 27.1. The highest BCUT2D eigenvalue weighted by Gasteiger charge is 2.63. The number of fused-ring (bicyclic) bond motifs is 4. The average molecular weight is 551 g/mol. The number of imide groups is 2. The predicted molar refractivity (Wildman–Crippen MR) is 144 cm³/mol. The van der Waals surface area contributed by atoms with Gasteiger partial charge in [0, 0.05) is 53.5 Å². The molecule has 1 atom stereocenters. The monoisotopic (exact) mass is 550 g/mol. The molecule has 2 saturated heterocycles. The molecule has 1 N–H and O–H groups in total. The minimum atomic E-state index is -1.51. The van der Waals surface area contributed by atoms with Gasteiger partial charge in [-0.2, -0.15) is 0 Å². The van der Waals surface area contributed by atoms with Gasteiger partial charge in [0.05, 0.1) is 6.04 Å². The van der Waals surface area contributed by atoms with Crippen molar-refractivity contribution in [1.82, 2.24) is 23.8 Å². The summed E-state index contributed by atoms with van der Waals surface area (Å²) in [7, 11) is 7.15. The van der Waals surface area contributed by atoms with Crippen molar-refractivity contribution in [3.63, 3.8) is 0 Å². The van der Waals surface area contributed by atoms with Crippen LogP contribution in [-0.2, 0) is 30.1 Å². The molecule has 0 radical (unpaired) electrons. The van der Waals surface area contributed by atoms with E-state index in [4.69, 9.17) is 0 Å². The highest BCUT2D eigenvalue weighted by molar-refractivity contribution is 6.20. The summed E-state index contributed by atoms with van der Waals surface area (Å²) in [5, 5.41) is 10.3. The summed E-state index contributed by atoms with van der Waals surface area (Å²) >= 11 is 0. The maximum atomic E-state index is 13.7. The van der Waals surface area contributed by atoms with E-state index in [2.05, 4.69) is 9.80 Å². The number of aromatic hydroxyl groups is 1. The van der Waals surface area contributed by atoms with Crippen LogP contribution in [0, 0.1) is 5.41 Å². The number of amides is 4. The average Bonchev–Trinajstić information content (AvgIpc) is 2.94. The van der Waals surface area contributed by atoms with Gasteiger partial charge in [0.1, 0.15) is 5.56 Å². The zero-order valence-corrected chi connectivity index (χ0v) is 22.9. The van der Waals surface area contributed by atoms with E-state index in [1.165, 1.54) is 34.3 Å². The smallest absolute Gasteiger partial charge is 0.333 e. The van der Waals surface area contributed by atoms with E-state index in [1.54, 1.807) is 12.1 Å². The van der Waals surface area contributed by atoms with Crippen LogP contribution in [0.3, 0.4) is 0 Å². The third kappa shape index (κ3) is 3.72. The van der Waals surface area contributed by atoms with Crippen molar-refractivity contribution in [3.8, 4) is 5.88 Å². The van der Waals surface area contributed by atoms with Crippen molar-refractivity contribution in [1.29, 1.82) is 0 Å². The second-order valence-corrected chi connectivity index (χ2v) is 10.6. The minimum Gasteiger partial charge on any atom is -0.494 e. The van der Waals surface area contributed by atoms with Crippen LogP contribution in [0.1, 0.15) is 21.5 Å². The molecule has 13 nitrogen and oxygen atoms in total. The van der Waals surface area contributed by atoms with Crippen molar-refractivity contribution in [2.75, 3.05) is 45.7 Å². The summed E-state index contributed by atoms with van der Waals surface area (Å²) in [6.45, 7) is 1.75. The normalized spacial score (nSPS) is 20.9. The van der Waals surface area contributed by atoms with Gasteiger partial charge in [0.25, 0.3) is 5.56 Å². The number of anilines is 1. The number of urea groups is 1. The summed E-state index contributed by atoms with van der Waals surface area (Å²) < 4.78 is 1.55. The number of rotatable bonds is 3. The van der Waals surface area contributed by atoms with E-state index in [0.717, 1.165) is 30.7 Å². The van der Waals surface area contributed by atoms with Crippen LogP contribution in [0.15, 0.2) is 33.9 Å². The van der Waals surface area contributed by atoms with E-state index in [1.807, 2.05) is 13.1 Å². The number of carbonyl (C=O) groups is 4. The lowest BCUT2D eigenvalue weighted by atomic mass is 9.67. The van der Waals surface area contributed by atoms with Gasteiger partial charge in [-0.15, -0.1) is 0 Å². The molecule has 3 aliphatic rings. The fourth-order valence-corrected chi connectivity index (χ4v) is 6.01. The number of piperazine rings is 1. The molecule has 0 aliphatic carbocycles. The zero-order chi connectivity index (χ0) is 29.3. The van der Waals surface area contributed by atoms with Gasteiger partial charge < -0.3 is 14.9 Å². The molecule has 0 unspecified atom stereocenters. The second kappa shape index (κ2) is 9.30. The number of nitrogens with zero attached hydrogens (tertiary/aromatic N) is 6. The minimum absolute atomic E-state index is 0.0642. The number of allylic oxidation sites excluding steroid dienone is 1. The third-order valence-electron chi connectivity index (χ3n) is 8.29. The Morgan fingerprint density at radius 1 is 0.950 bits per heavy atom. The van der Waals surface area contributed by atoms with Gasteiger partial charge >= 0.3 is 11.7 Å². The molecule has 1 spiro atoms. The van der Waals surface area contributed by atoms with E-state index < -0.39 is 57.8 Å². The summed E-state index contributed by atoms with van der Waals surface area (Å²) in [6, 6.07) is 4.25. The molecule has 2 aromatic rings. The van der Waals surface area contributed by atoms with Crippen molar-refractivity contribution in [2.45, 2.75) is 12.5 Å². The molecule has 4 heterocycles. The topological polar surface area (TPSA) is 145 Å². The Bertz CT molecular complexity index is 1610. The Balaban J connectivity index is 1.56. The maximum Gasteiger partial charge on any atom is 0.333 e. The fourth-order valence-electron chi connectivity index (χ4n) is 6.01. The van der Waals surface area contributed by atoms with E-state index >= 15 is 0 Å². The Kier molecular flexibility index (Phi) is 6.29. The summed E-state index contributed by atoms with van der Waals surface area (Å²) in [5.74, 6) is -2.61. The molecule has 3 aliphatic heterocycles. The molecule has 13 heteroatoms. The number of barbiturate groups is 1. The first-order valence-electron chi connectivity index (χ1n) is 12.7. The lowest BCUT2D eigenvalue weighted by molar-refractivity contribution is -0.160. The molecule has 2 fully saturated rings. The molecule has 40 heavy (non-hydrogen) atoms. The zero-order valence-electron chi connectivity index (χ0n) is 22.9. The quantitative estimate of drug-likeness (QED) is 0.301. The number of ketones is 1. The van der Waals surface area contributed by atoms with Crippen LogP contribution in [0.4, 0.5) is 10.5 Å². The van der Waals surface area contributed by atoms with Gasteiger partial charge in [0.2, 0.25) is 17.7 Å². The standard InChI is InChI=1S/C27H30N6O7/c1-28-10-11-33-17-8-6-15(7-9-18(34)20-21(35)29(2)25(39)30(3)22(20)36)12-16(17)13-27(19(33)14-28)23(37)31(4)26(40)32(5)24(27)38/h6-9,12,19,35H,10-11,13-14H2,1-5H3/b9-7+/t19-/m0/s1. The van der Waals surface area contributed by atoms with Crippen LogP contribution in [0.2, 0.25) is 0 Å². The van der Waals surface area contributed by atoms with Gasteiger partial charge in [0.15, 0.2) is 11.2 Å². The number of carbonyl (C=O) groups excluding carboxylic acids is 4. The van der Waals surface area contributed by atoms with E-state index in [-0.39, 0.29) is 6.42 Å². The first-order chi connectivity index (χ1) is 18.8. The SMILES string of the molecule is CN1CCN2c3ccc(/C=C/C(=O)c4c(O)n(C)c(=O)n(C)c4=O)cc3CC3(C(=O)N(C)C(=O)N(C)C3=O)[C@@H]2C1. The molecule has 1 aromatic carbocycles. The second-order valence-electron chi connectivity index (χ2n) is 10.6. The summed E-state index contributed by atoms with van der Waals surface area (Å²) in [6.07, 6.45) is 2.65. The van der Waals surface area contributed by atoms with E-state index in [0.29, 0.717) is 30.8 Å². The summed E-state index contributed by atoms with van der Waals surface area (Å²) in [5.41, 5.74) is -1.60. The molecule has 210 valence electrons. The first-order valence-corrected chi connectivity index (χ1v) is 12.7. The Morgan fingerprint density at radius 2 is 1.60 bits per heavy atom. The van der Waals surface area contributed by atoms with E-state index in [9.17, 15) is 33.9 Å². The Labute approximate surface area is 229 Å². The lowest BCUT2D eigenvalue weighted by Gasteiger charge is -2.55. The number of hydrogen-bond acceptors (Lipinski definition) is 9. The number of likely N-dealkylation sites (N-methyl/N-ethyl adjacent to an activating group) is 1. The molecule has 1 aromatic heterocycles. The van der Waals surface area contributed by atoms with Crippen molar-refractivity contribution < 1.29 is 24.3 Å². The van der Waals surface area contributed by atoms with Crippen LogP contribution in [0.5, 0.6) is 5.88 Å². The number of hydrogen-bond donors (Lipinski definition) is 1. The van der Waals surface area contributed by atoms with Crippen LogP contribution in [-0.4, -0.2) is 99.4 Å². The third-order valence-corrected chi connectivity index (χ3v) is 8.29. The lowest BCUT2D eigenvalue weighted by Crippen LogP contribution is -2.74. The van der Waals surface area contributed by atoms with Crippen molar-refractivity contribution in [3.05, 3.63) is 61.8 Å². The Hall–Kier alpha value is -4.52. The van der Waals surface area contributed by atoms with Gasteiger partial charge in [-0.25, -0.2) is 9.59 Å². The van der Waals surface area contributed by atoms with Crippen molar-refractivity contribution >= 4 is 35.4 Å². The van der Waals surface area contributed by atoms with Gasteiger partial charge in [-0.3, -0.25) is 38.1 Å². The molecule has 0 saturated carbocycles. The largest absolute Gasteiger partial charge is 0.494 e. The van der Waals surface area contributed by atoms with Crippen LogP contribution in [0.25, 0.3) is 6.08 Å². The van der Waals surface area contributed by atoms with Gasteiger partial charge in [-0.1, -0.05) is 12.1 Å². The van der Waals surface area contributed by atoms with Crippen LogP contribution >= 0.6 is 0 Å². The molecule has 4 amide bonds. The highest BCUT2D eigenvalue weighted by Crippen LogP contribution is 2.46. The summed E-state index contributed by atoms with van der Waals surface area (Å²) in [4.78, 5) is 83.5. The highest BCUT2D eigenvalue weighted by atomic mass is 16.3. The predicted octanol–water partition coefficient (Wildman–Crippen LogP) is -0.601. The fraction of sp³-hybridized carbons (Fsp3) is 0.407. The molecular formula is C27H30N6O7. The molecule has 5 rings (SSSR count). The maximum absolute atomic E-state index is 13.7.